The van der Waals surface area contributed by atoms with Crippen LogP contribution in [-0.2, 0) is 0 Å². The number of benzene rings is 1. The van der Waals surface area contributed by atoms with Crippen molar-refractivity contribution in [3.05, 3.63) is 29.3 Å². The fraction of sp³-hybridized carbons (Fsp3) is 0.571. The molecule has 0 aliphatic heterocycles. The highest BCUT2D eigenvalue weighted by Crippen LogP contribution is 2.39. The summed E-state index contributed by atoms with van der Waals surface area (Å²) in [6.45, 7) is 6.65. The third-order valence-corrected chi connectivity index (χ3v) is 5.33. The first-order chi connectivity index (χ1) is 7.58. The SMILES string of the molecule is Cc1ccc(C)c(SC2CCC(N)C2C)c1. The molecule has 1 fully saturated rings. The maximum absolute atomic E-state index is 6.08. The van der Waals surface area contributed by atoms with Crippen LogP contribution in [0.15, 0.2) is 23.1 Å². The highest BCUT2D eigenvalue weighted by Gasteiger charge is 2.31. The van der Waals surface area contributed by atoms with E-state index in [0.717, 1.165) is 0 Å². The van der Waals surface area contributed by atoms with E-state index in [4.69, 9.17) is 5.73 Å². The van der Waals surface area contributed by atoms with Gasteiger partial charge in [0.05, 0.1) is 0 Å². The van der Waals surface area contributed by atoms with E-state index in [2.05, 4.69) is 39.0 Å². The molecule has 2 N–H and O–H groups in total. The van der Waals surface area contributed by atoms with Crippen molar-refractivity contribution in [3.8, 4) is 0 Å². The van der Waals surface area contributed by atoms with E-state index in [0.29, 0.717) is 17.2 Å². The molecule has 0 radical (unpaired) electrons. The molecule has 1 aliphatic carbocycles. The van der Waals surface area contributed by atoms with Gasteiger partial charge in [0.2, 0.25) is 0 Å². The quantitative estimate of drug-likeness (QED) is 0.848. The predicted octanol–water partition coefficient (Wildman–Crippen LogP) is 3.52. The Bertz CT molecular complexity index is 375. The Hall–Kier alpha value is -0.470. The molecule has 1 nitrogen and oxygen atoms in total. The van der Waals surface area contributed by atoms with Crippen molar-refractivity contribution in [2.45, 2.75) is 49.8 Å². The van der Waals surface area contributed by atoms with Crippen molar-refractivity contribution in [3.63, 3.8) is 0 Å². The van der Waals surface area contributed by atoms with Crippen LogP contribution >= 0.6 is 11.8 Å². The zero-order valence-corrected chi connectivity index (χ0v) is 11.2. The van der Waals surface area contributed by atoms with Gasteiger partial charge in [-0.3, -0.25) is 0 Å². The molecule has 1 aromatic rings. The summed E-state index contributed by atoms with van der Waals surface area (Å²) < 4.78 is 0. The van der Waals surface area contributed by atoms with Gasteiger partial charge in [-0.25, -0.2) is 0 Å². The van der Waals surface area contributed by atoms with E-state index in [9.17, 15) is 0 Å². The van der Waals surface area contributed by atoms with Gasteiger partial charge in [-0.15, -0.1) is 11.8 Å². The van der Waals surface area contributed by atoms with Gasteiger partial charge in [-0.1, -0.05) is 24.6 Å². The van der Waals surface area contributed by atoms with E-state index in [1.165, 1.54) is 28.9 Å². The van der Waals surface area contributed by atoms with Crippen LogP contribution in [0.5, 0.6) is 0 Å². The Morgan fingerprint density at radius 3 is 2.62 bits per heavy atom. The fourth-order valence-corrected chi connectivity index (χ4v) is 3.83. The average Bonchev–Trinajstić information content (AvgIpc) is 2.55. The Morgan fingerprint density at radius 1 is 1.25 bits per heavy atom. The van der Waals surface area contributed by atoms with Crippen LogP contribution in [-0.4, -0.2) is 11.3 Å². The van der Waals surface area contributed by atoms with E-state index >= 15 is 0 Å². The predicted molar refractivity (Wildman–Crippen MR) is 71.9 cm³/mol. The maximum Gasteiger partial charge on any atom is 0.0135 e. The number of nitrogens with two attached hydrogens (primary N) is 1. The number of rotatable bonds is 2. The van der Waals surface area contributed by atoms with Gasteiger partial charge in [-0.2, -0.15) is 0 Å². The highest BCUT2D eigenvalue weighted by molar-refractivity contribution is 8.00. The van der Waals surface area contributed by atoms with Crippen LogP contribution < -0.4 is 5.73 Å². The van der Waals surface area contributed by atoms with Gasteiger partial charge in [0.15, 0.2) is 0 Å². The van der Waals surface area contributed by atoms with Crippen molar-refractivity contribution in [1.82, 2.24) is 0 Å². The first kappa shape index (κ1) is 12.0. The normalized spacial score (nSPS) is 29.6. The van der Waals surface area contributed by atoms with Crippen molar-refractivity contribution < 1.29 is 0 Å². The standard InChI is InChI=1S/C14H21NS/c1-9-4-5-10(2)14(8-9)16-13-7-6-12(15)11(13)3/h4-5,8,11-13H,6-7,15H2,1-3H3. The van der Waals surface area contributed by atoms with Gasteiger partial charge >= 0.3 is 0 Å². The van der Waals surface area contributed by atoms with Crippen molar-refractivity contribution in [2.75, 3.05) is 0 Å². The Kier molecular flexibility index (Phi) is 3.60. The van der Waals surface area contributed by atoms with Gasteiger partial charge < -0.3 is 5.73 Å². The summed E-state index contributed by atoms with van der Waals surface area (Å²) in [4.78, 5) is 1.44. The minimum atomic E-state index is 0.405. The molecule has 3 atom stereocenters. The molecule has 0 bridgehead atoms. The molecule has 1 aliphatic rings. The lowest BCUT2D eigenvalue weighted by Gasteiger charge is -2.18. The molecule has 3 unspecified atom stereocenters. The topological polar surface area (TPSA) is 26.0 Å². The van der Waals surface area contributed by atoms with E-state index in [1.54, 1.807) is 0 Å². The van der Waals surface area contributed by atoms with Gasteiger partial charge in [-0.05, 0) is 44.2 Å². The smallest absolute Gasteiger partial charge is 0.0135 e. The molecule has 0 heterocycles. The highest BCUT2D eigenvalue weighted by atomic mass is 32.2. The summed E-state index contributed by atoms with van der Waals surface area (Å²) in [5.74, 6) is 0.643. The molecule has 16 heavy (non-hydrogen) atoms. The molecule has 0 saturated heterocycles. The third-order valence-electron chi connectivity index (χ3n) is 3.67. The van der Waals surface area contributed by atoms with Gasteiger partial charge in [0.25, 0.3) is 0 Å². The van der Waals surface area contributed by atoms with E-state index < -0.39 is 0 Å². The van der Waals surface area contributed by atoms with Crippen molar-refractivity contribution in [2.24, 2.45) is 11.7 Å². The molecular weight excluding hydrogens is 214 g/mol. The summed E-state index contributed by atoms with van der Waals surface area (Å²) in [6.07, 6.45) is 2.45. The average molecular weight is 235 g/mol. The third kappa shape index (κ3) is 2.44. The van der Waals surface area contributed by atoms with Crippen LogP contribution in [0.3, 0.4) is 0 Å². The second-order valence-electron chi connectivity index (χ2n) is 5.03. The molecule has 88 valence electrons. The Balaban J connectivity index is 2.12. The summed E-state index contributed by atoms with van der Waals surface area (Å²) in [7, 11) is 0. The van der Waals surface area contributed by atoms with E-state index in [1.807, 2.05) is 11.8 Å². The first-order valence-corrected chi connectivity index (χ1v) is 6.95. The van der Waals surface area contributed by atoms with Crippen molar-refractivity contribution >= 4 is 11.8 Å². The lowest BCUT2D eigenvalue weighted by molar-refractivity contribution is 0.535. The van der Waals surface area contributed by atoms with Gasteiger partial charge in [0, 0.05) is 16.2 Å². The number of hydrogen-bond acceptors (Lipinski definition) is 2. The summed E-state index contributed by atoms with van der Waals surface area (Å²) in [6, 6.07) is 7.11. The fourth-order valence-electron chi connectivity index (χ4n) is 2.32. The van der Waals surface area contributed by atoms with Crippen LogP contribution in [0.2, 0.25) is 0 Å². The second-order valence-corrected chi connectivity index (χ2v) is 6.31. The molecule has 0 spiro atoms. The van der Waals surface area contributed by atoms with Crippen LogP contribution in [0.25, 0.3) is 0 Å². The lowest BCUT2D eigenvalue weighted by atomic mass is 10.1. The molecule has 2 heteroatoms. The number of aryl methyl sites for hydroxylation is 2. The second kappa shape index (κ2) is 4.80. The monoisotopic (exact) mass is 235 g/mol. The van der Waals surface area contributed by atoms with E-state index in [-0.39, 0.29) is 0 Å². The van der Waals surface area contributed by atoms with Crippen LogP contribution in [0.4, 0.5) is 0 Å². The van der Waals surface area contributed by atoms with Gasteiger partial charge in [0.1, 0.15) is 0 Å². The molecule has 0 aromatic heterocycles. The molecule has 2 rings (SSSR count). The molecular formula is C14H21NS. The minimum absolute atomic E-state index is 0.405. The zero-order chi connectivity index (χ0) is 11.7. The van der Waals surface area contributed by atoms with Crippen molar-refractivity contribution in [1.29, 1.82) is 0 Å². The maximum atomic E-state index is 6.08. The first-order valence-electron chi connectivity index (χ1n) is 6.07. The van der Waals surface area contributed by atoms with Crippen LogP contribution in [0.1, 0.15) is 30.9 Å². The summed E-state index contributed by atoms with van der Waals surface area (Å²) >= 11 is 2.02. The molecule has 0 amide bonds. The zero-order valence-electron chi connectivity index (χ0n) is 10.4. The Morgan fingerprint density at radius 2 is 2.00 bits per heavy atom. The Labute approximate surface area is 103 Å². The molecule has 1 saturated carbocycles. The molecule has 1 aromatic carbocycles. The minimum Gasteiger partial charge on any atom is -0.327 e. The lowest BCUT2D eigenvalue weighted by Crippen LogP contribution is -2.26. The number of hydrogen-bond donors (Lipinski definition) is 1. The number of thioether (sulfide) groups is 1. The summed E-state index contributed by atoms with van der Waals surface area (Å²) in [5.41, 5.74) is 8.82. The summed E-state index contributed by atoms with van der Waals surface area (Å²) in [5, 5.41) is 0.704. The van der Waals surface area contributed by atoms with Crippen LogP contribution in [0, 0.1) is 19.8 Å². The largest absolute Gasteiger partial charge is 0.327 e.